The quantitative estimate of drug-likeness (QED) is 0.594. The molecular weight excluding hydrogens is 291 g/mol. The second-order valence-electron chi connectivity index (χ2n) is 2.92. The second-order valence-corrected chi connectivity index (χ2v) is 4.16. The van der Waals surface area contributed by atoms with Crippen LogP contribution in [-0.2, 0) is 4.74 Å². The lowest BCUT2D eigenvalue weighted by atomic mass is 10.3. The number of hydrogen-bond acceptors (Lipinski definition) is 2. The van der Waals surface area contributed by atoms with Crippen LogP contribution in [0, 0.1) is 3.57 Å². The lowest BCUT2D eigenvalue weighted by molar-refractivity contribution is 0.101. The Bertz CT molecular complexity index is 263. The first-order chi connectivity index (χ1) is 6.83. The Kier molecular flexibility index (Phi) is 5.94. The van der Waals surface area contributed by atoms with Gasteiger partial charge in [0.25, 0.3) is 0 Å². The Balaban J connectivity index is 2.18. The van der Waals surface area contributed by atoms with Crippen LogP contribution < -0.4 is 4.74 Å². The lowest BCUT2D eigenvalue weighted by Crippen LogP contribution is -2.07. The summed E-state index contributed by atoms with van der Waals surface area (Å²) in [5.41, 5.74) is 0. The van der Waals surface area contributed by atoms with E-state index in [0.717, 1.165) is 18.8 Å². The zero-order chi connectivity index (χ0) is 10.2. The first-order valence-electron chi connectivity index (χ1n) is 4.79. The van der Waals surface area contributed by atoms with E-state index in [4.69, 9.17) is 9.47 Å². The van der Waals surface area contributed by atoms with E-state index in [-0.39, 0.29) is 0 Å². The topological polar surface area (TPSA) is 18.5 Å². The molecule has 0 atom stereocenters. The SMILES string of the molecule is CCCOCCOc1cccc(I)c1. The van der Waals surface area contributed by atoms with Crippen LogP contribution in [0.1, 0.15) is 13.3 Å². The van der Waals surface area contributed by atoms with E-state index >= 15 is 0 Å². The van der Waals surface area contributed by atoms with Gasteiger partial charge in [0.05, 0.1) is 6.61 Å². The van der Waals surface area contributed by atoms with Crippen molar-refractivity contribution in [3.05, 3.63) is 27.8 Å². The molecule has 2 nitrogen and oxygen atoms in total. The van der Waals surface area contributed by atoms with Gasteiger partial charge in [0.1, 0.15) is 12.4 Å². The maximum Gasteiger partial charge on any atom is 0.120 e. The number of benzene rings is 1. The first kappa shape index (κ1) is 11.8. The average Bonchev–Trinajstić information content (AvgIpc) is 2.18. The molecule has 0 saturated heterocycles. The molecule has 0 bridgehead atoms. The molecule has 0 aromatic heterocycles. The van der Waals surface area contributed by atoms with Crippen molar-refractivity contribution in [1.82, 2.24) is 0 Å². The van der Waals surface area contributed by atoms with Crippen molar-refractivity contribution in [1.29, 1.82) is 0 Å². The highest BCUT2D eigenvalue weighted by molar-refractivity contribution is 14.1. The summed E-state index contributed by atoms with van der Waals surface area (Å²) in [7, 11) is 0. The first-order valence-corrected chi connectivity index (χ1v) is 5.87. The van der Waals surface area contributed by atoms with Gasteiger partial charge in [-0.05, 0) is 47.2 Å². The minimum absolute atomic E-state index is 0.625. The van der Waals surface area contributed by atoms with Gasteiger partial charge in [-0.3, -0.25) is 0 Å². The molecule has 3 heteroatoms. The van der Waals surface area contributed by atoms with Gasteiger partial charge in [0.2, 0.25) is 0 Å². The molecule has 1 aromatic carbocycles. The fourth-order valence-electron chi connectivity index (χ4n) is 1.02. The van der Waals surface area contributed by atoms with Gasteiger partial charge in [0.15, 0.2) is 0 Å². The summed E-state index contributed by atoms with van der Waals surface area (Å²) >= 11 is 2.27. The highest BCUT2D eigenvalue weighted by Crippen LogP contribution is 2.14. The van der Waals surface area contributed by atoms with E-state index < -0.39 is 0 Å². The standard InChI is InChI=1S/C11H15IO2/c1-2-6-13-7-8-14-11-5-3-4-10(12)9-11/h3-5,9H,2,6-8H2,1H3. The summed E-state index contributed by atoms with van der Waals surface area (Å²) in [5, 5.41) is 0. The van der Waals surface area contributed by atoms with Gasteiger partial charge in [0, 0.05) is 10.2 Å². The molecule has 1 rings (SSSR count). The van der Waals surface area contributed by atoms with Crippen molar-refractivity contribution in [2.24, 2.45) is 0 Å². The summed E-state index contributed by atoms with van der Waals surface area (Å²) in [4.78, 5) is 0. The number of rotatable bonds is 6. The molecule has 0 unspecified atom stereocenters. The van der Waals surface area contributed by atoms with Crippen molar-refractivity contribution < 1.29 is 9.47 Å². The van der Waals surface area contributed by atoms with Crippen LogP contribution in [0.4, 0.5) is 0 Å². The third-order valence-electron chi connectivity index (χ3n) is 1.64. The van der Waals surface area contributed by atoms with E-state index in [1.165, 1.54) is 3.57 Å². The van der Waals surface area contributed by atoms with E-state index in [1.54, 1.807) is 0 Å². The van der Waals surface area contributed by atoms with Crippen LogP contribution in [0.15, 0.2) is 24.3 Å². The van der Waals surface area contributed by atoms with E-state index in [2.05, 4.69) is 29.5 Å². The summed E-state index contributed by atoms with van der Waals surface area (Å²) in [5.74, 6) is 0.914. The Morgan fingerprint density at radius 2 is 2.07 bits per heavy atom. The van der Waals surface area contributed by atoms with E-state index in [0.29, 0.717) is 13.2 Å². The minimum Gasteiger partial charge on any atom is -0.491 e. The normalized spacial score (nSPS) is 10.1. The predicted octanol–water partition coefficient (Wildman–Crippen LogP) is 3.10. The van der Waals surface area contributed by atoms with Crippen molar-refractivity contribution in [2.45, 2.75) is 13.3 Å². The predicted molar refractivity (Wildman–Crippen MR) is 65.8 cm³/mol. The Morgan fingerprint density at radius 1 is 1.21 bits per heavy atom. The summed E-state index contributed by atoms with van der Waals surface area (Å²) < 4.78 is 12.0. The van der Waals surface area contributed by atoms with Crippen LogP contribution in [0.3, 0.4) is 0 Å². The van der Waals surface area contributed by atoms with Crippen LogP contribution in [0.25, 0.3) is 0 Å². The molecule has 0 fully saturated rings. The molecular formula is C11H15IO2. The molecule has 14 heavy (non-hydrogen) atoms. The van der Waals surface area contributed by atoms with Crippen LogP contribution in [0.2, 0.25) is 0 Å². The molecule has 0 spiro atoms. The third-order valence-corrected chi connectivity index (χ3v) is 2.31. The van der Waals surface area contributed by atoms with Gasteiger partial charge in [-0.25, -0.2) is 0 Å². The average molecular weight is 306 g/mol. The lowest BCUT2D eigenvalue weighted by Gasteiger charge is -2.06. The highest BCUT2D eigenvalue weighted by Gasteiger charge is 1.93. The number of halogens is 1. The van der Waals surface area contributed by atoms with Gasteiger partial charge in [-0.2, -0.15) is 0 Å². The van der Waals surface area contributed by atoms with E-state index in [1.807, 2.05) is 24.3 Å². The van der Waals surface area contributed by atoms with Crippen molar-refractivity contribution in [3.63, 3.8) is 0 Å². The van der Waals surface area contributed by atoms with Crippen molar-refractivity contribution in [2.75, 3.05) is 19.8 Å². The number of ether oxygens (including phenoxy) is 2. The van der Waals surface area contributed by atoms with Crippen molar-refractivity contribution in [3.8, 4) is 5.75 Å². The van der Waals surface area contributed by atoms with Gasteiger partial charge < -0.3 is 9.47 Å². The number of hydrogen-bond donors (Lipinski definition) is 0. The maximum atomic E-state index is 5.50. The fourth-order valence-corrected chi connectivity index (χ4v) is 1.54. The molecule has 0 saturated carbocycles. The molecule has 1 aromatic rings. The zero-order valence-electron chi connectivity index (χ0n) is 8.33. The van der Waals surface area contributed by atoms with Gasteiger partial charge >= 0.3 is 0 Å². The molecule has 0 heterocycles. The minimum atomic E-state index is 0.625. The monoisotopic (exact) mass is 306 g/mol. The molecule has 0 amide bonds. The highest BCUT2D eigenvalue weighted by atomic mass is 127. The summed E-state index contributed by atoms with van der Waals surface area (Å²) in [6, 6.07) is 8.01. The maximum absolute atomic E-state index is 5.50. The molecule has 0 radical (unpaired) electrons. The summed E-state index contributed by atoms with van der Waals surface area (Å²) in [6.07, 6.45) is 1.06. The molecule has 0 aliphatic carbocycles. The van der Waals surface area contributed by atoms with Crippen LogP contribution in [0.5, 0.6) is 5.75 Å². The van der Waals surface area contributed by atoms with Gasteiger partial charge in [-0.15, -0.1) is 0 Å². The third kappa shape index (κ3) is 4.81. The molecule has 0 aliphatic heterocycles. The molecule has 78 valence electrons. The summed E-state index contributed by atoms with van der Waals surface area (Å²) in [6.45, 7) is 4.20. The molecule has 0 aliphatic rings. The van der Waals surface area contributed by atoms with Gasteiger partial charge in [-0.1, -0.05) is 13.0 Å². The largest absolute Gasteiger partial charge is 0.491 e. The Morgan fingerprint density at radius 3 is 2.79 bits per heavy atom. The fraction of sp³-hybridized carbons (Fsp3) is 0.455. The van der Waals surface area contributed by atoms with Crippen LogP contribution >= 0.6 is 22.6 Å². The van der Waals surface area contributed by atoms with Crippen molar-refractivity contribution >= 4 is 22.6 Å². The van der Waals surface area contributed by atoms with Crippen LogP contribution in [-0.4, -0.2) is 19.8 Å². The smallest absolute Gasteiger partial charge is 0.120 e. The Labute approximate surface area is 98.7 Å². The second kappa shape index (κ2) is 7.06. The molecule has 0 N–H and O–H groups in total. The zero-order valence-corrected chi connectivity index (χ0v) is 10.5. The Hall–Kier alpha value is -0.290. The van der Waals surface area contributed by atoms with E-state index in [9.17, 15) is 0 Å².